The average molecular weight is 550 g/mol. The van der Waals surface area contributed by atoms with Crippen LogP contribution >= 0.6 is 0 Å². The van der Waals surface area contributed by atoms with Crippen molar-refractivity contribution in [2.24, 2.45) is 0 Å². The van der Waals surface area contributed by atoms with Gasteiger partial charge in [0, 0.05) is 37.7 Å². The molecule has 1 aromatic heterocycles. The second-order valence-electron chi connectivity index (χ2n) is 10.4. The molecule has 39 heavy (non-hydrogen) atoms. The number of hydrogen-bond acceptors (Lipinski definition) is 6. The van der Waals surface area contributed by atoms with E-state index in [0.29, 0.717) is 36.5 Å². The summed E-state index contributed by atoms with van der Waals surface area (Å²) in [4.78, 5) is 19.1. The van der Waals surface area contributed by atoms with Crippen LogP contribution in [0.3, 0.4) is 0 Å². The number of hydrogen-bond donors (Lipinski definition) is 0. The van der Waals surface area contributed by atoms with Crippen molar-refractivity contribution in [2.75, 3.05) is 26.7 Å². The van der Waals surface area contributed by atoms with E-state index in [0.717, 1.165) is 29.5 Å². The van der Waals surface area contributed by atoms with Gasteiger partial charge in [0.25, 0.3) is 5.91 Å². The Morgan fingerprint density at radius 3 is 2.56 bits per heavy atom. The number of rotatable bonds is 8. The molecular formula is C30H35N3O5S. The Morgan fingerprint density at radius 1 is 1.03 bits per heavy atom. The van der Waals surface area contributed by atoms with Gasteiger partial charge in [-0.15, -0.1) is 0 Å². The number of aryl methyl sites for hydroxylation is 2. The lowest BCUT2D eigenvalue weighted by atomic mass is 10.0. The molecule has 0 spiro atoms. The lowest BCUT2D eigenvalue weighted by Crippen LogP contribution is -2.32. The molecule has 2 aliphatic heterocycles. The van der Waals surface area contributed by atoms with Crippen molar-refractivity contribution >= 4 is 15.9 Å². The summed E-state index contributed by atoms with van der Waals surface area (Å²) in [5.74, 6) is 0.406. The summed E-state index contributed by atoms with van der Waals surface area (Å²) < 4.78 is 40.5. The molecule has 206 valence electrons. The third-order valence-corrected chi connectivity index (χ3v) is 9.47. The molecule has 1 amide bonds. The van der Waals surface area contributed by atoms with E-state index in [-0.39, 0.29) is 29.9 Å². The predicted octanol–water partition coefficient (Wildman–Crippen LogP) is 4.28. The number of nitrogens with zero attached hydrogens (tertiary/aromatic N) is 3. The van der Waals surface area contributed by atoms with Gasteiger partial charge >= 0.3 is 0 Å². The zero-order valence-corrected chi connectivity index (χ0v) is 23.4. The molecule has 0 bridgehead atoms. The molecule has 2 saturated heterocycles. The quantitative estimate of drug-likeness (QED) is 0.417. The molecule has 1 unspecified atom stereocenters. The van der Waals surface area contributed by atoms with Gasteiger partial charge in [-0.2, -0.15) is 4.31 Å². The monoisotopic (exact) mass is 549 g/mol. The molecule has 5 rings (SSSR count). The Kier molecular flexibility index (Phi) is 8.02. The maximum atomic E-state index is 13.4. The first-order valence-electron chi connectivity index (χ1n) is 13.3. The van der Waals surface area contributed by atoms with Crippen molar-refractivity contribution in [1.82, 2.24) is 14.2 Å². The summed E-state index contributed by atoms with van der Waals surface area (Å²) in [6, 6.07) is 16.7. The van der Waals surface area contributed by atoms with E-state index in [9.17, 15) is 13.2 Å². The van der Waals surface area contributed by atoms with Crippen LogP contribution in [0, 0.1) is 13.8 Å². The summed E-state index contributed by atoms with van der Waals surface area (Å²) in [7, 11) is -1.93. The van der Waals surface area contributed by atoms with Crippen LogP contribution in [0.2, 0.25) is 0 Å². The molecule has 2 aliphatic rings. The molecule has 0 saturated carbocycles. The highest BCUT2D eigenvalue weighted by Crippen LogP contribution is 2.35. The van der Waals surface area contributed by atoms with Gasteiger partial charge in [0.05, 0.1) is 18.8 Å². The van der Waals surface area contributed by atoms with Crippen molar-refractivity contribution in [3.05, 3.63) is 94.8 Å². The summed E-state index contributed by atoms with van der Waals surface area (Å²) in [6.07, 6.45) is 4.36. The Morgan fingerprint density at radius 2 is 1.79 bits per heavy atom. The summed E-state index contributed by atoms with van der Waals surface area (Å²) in [5.41, 5.74) is 4.27. The van der Waals surface area contributed by atoms with Crippen LogP contribution in [0.1, 0.15) is 51.5 Å². The average Bonchev–Trinajstić information content (AvgIpc) is 3.58. The maximum absolute atomic E-state index is 13.4. The minimum atomic E-state index is -3.55. The van der Waals surface area contributed by atoms with Crippen molar-refractivity contribution in [2.45, 2.75) is 50.7 Å². The largest absolute Gasteiger partial charge is 0.486 e. The van der Waals surface area contributed by atoms with Crippen LogP contribution in [0.4, 0.5) is 0 Å². The van der Waals surface area contributed by atoms with Crippen molar-refractivity contribution in [1.29, 1.82) is 0 Å². The minimum Gasteiger partial charge on any atom is -0.486 e. The third kappa shape index (κ3) is 6.00. The molecule has 0 aliphatic carbocycles. The van der Waals surface area contributed by atoms with E-state index in [1.54, 1.807) is 46.9 Å². The van der Waals surface area contributed by atoms with Crippen molar-refractivity contribution < 1.29 is 22.7 Å². The maximum Gasteiger partial charge on any atom is 0.254 e. The second kappa shape index (κ2) is 11.5. The number of carbonyl (C=O) groups is 1. The number of amides is 1. The van der Waals surface area contributed by atoms with E-state index in [4.69, 9.17) is 9.47 Å². The fourth-order valence-corrected chi connectivity index (χ4v) is 7.34. The Labute approximate surface area is 230 Å². The topological polar surface area (TPSA) is 89.0 Å². The lowest BCUT2D eigenvalue weighted by molar-refractivity contribution is 0.0339. The van der Waals surface area contributed by atoms with Crippen molar-refractivity contribution in [3.8, 4) is 5.75 Å². The molecule has 3 atom stereocenters. The summed E-state index contributed by atoms with van der Waals surface area (Å²) >= 11 is 0. The number of carbonyl (C=O) groups excluding carboxylic acids is 1. The Hall–Kier alpha value is -3.27. The van der Waals surface area contributed by atoms with Gasteiger partial charge in [0.2, 0.25) is 10.0 Å². The van der Waals surface area contributed by atoms with Crippen molar-refractivity contribution in [3.63, 3.8) is 0 Å². The molecule has 0 radical (unpaired) electrons. The molecular weight excluding hydrogens is 514 g/mol. The zero-order valence-electron chi connectivity index (χ0n) is 22.6. The van der Waals surface area contributed by atoms with Gasteiger partial charge < -0.3 is 14.4 Å². The van der Waals surface area contributed by atoms with Gasteiger partial charge in [-0.05, 0) is 73.7 Å². The first-order valence-corrected chi connectivity index (χ1v) is 14.9. The highest BCUT2D eigenvalue weighted by atomic mass is 32.2. The summed E-state index contributed by atoms with van der Waals surface area (Å²) in [5, 5.41) is 0. The zero-order chi connectivity index (χ0) is 27.6. The van der Waals surface area contributed by atoms with E-state index < -0.39 is 10.0 Å². The first-order chi connectivity index (χ1) is 18.7. The molecule has 2 fully saturated rings. The first kappa shape index (κ1) is 27.3. The van der Waals surface area contributed by atoms with Gasteiger partial charge in [-0.25, -0.2) is 8.42 Å². The van der Waals surface area contributed by atoms with E-state index >= 15 is 0 Å². The number of pyridine rings is 1. The number of benzene rings is 2. The van der Waals surface area contributed by atoms with Gasteiger partial charge in [0.1, 0.15) is 18.0 Å². The Balaban J connectivity index is 1.28. The molecule has 3 aromatic rings. The third-order valence-electron chi connectivity index (χ3n) is 7.62. The van der Waals surface area contributed by atoms with Crippen LogP contribution in [0.25, 0.3) is 0 Å². The molecule has 0 N–H and O–H groups in total. The van der Waals surface area contributed by atoms with Crippen LogP contribution < -0.4 is 4.74 Å². The standard InChI is InChI=1S/C30H35N3O5S/c1-21-9-10-22(2)26(16-21)30(34)32-18-28(37-3)29(19-32)38-25-7-4-6-23(17-25)20-39(35,36)33-15-5-8-27(33)24-11-13-31-14-12-24/h4,6-7,9-14,16-17,27-29H,5,8,15,18-20H2,1-3H3/t27?,28-,29-/m1/s1. The fourth-order valence-electron chi connectivity index (χ4n) is 5.55. The summed E-state index contributed by atoms with van der Waals surface area (Å²) in [6.45, 7) is 5.22. The molecule has 2 aromatic carbocycles. The van der Waals surface area contributed by atoms with Crippen LogP contribution in [-0.2, 0) is 20.5 Å². The highest BCUT2D eigenvalue weighted by molar-refractivity contribution is 7.88. The number of likely N-dealkylation sites (tertiary alicyclic amines) is 1. The normalized spacial score (nSPS) is 21.8. The smallest absolute Gasteiger partial charge is 0.254 e. The van der Waals surface area contributed by atoms with E-state index in [1.807, 2.05) is 50.2 Å². The predicted molar refractivity (Wildman–Crippen MR) is 149 cm³/mol. The number of ether oxygens (including phenoxy) is 2. The molecule has 3 heterocycles. The molecule has 8 nitrogen and oxygen atoms in total. The minimum absolute atomic E-state index is 0.0430. The highest BCUT2D eigenvalue weighted by Gasteiger charge is 2.38. The fraction of sp³-hybridized carbons (Fsp3) is 0.400. The van der Waals surface area contributed by atoms with Crippen LogP contribution in [0.15, 0.2) is 67.0 Å². The van der Waals surface area contributed by atoms with Gasteiger partial charge in [0.15, 0.2) is 0 Å². The van der Waals surface area contributed by atoms with Gasteiger partial charge in [-0.3, -0.25) is 9.78 Å². The van der Waals surface area contributed by atoms with Crippen LogP contribution in [-0.4, -0.2) is 67.5 Å². The lowest BCUT2D eigenvalue weighted by Gasteiger charge is -2.24. The van der Waals surface area contributed by atoms with E-state index in [2.05, 4.69) is 4.98 Å². The van der Waals surface area contributed by atoms with Crippen LogP contribution in [0.5, 0.6) is 5.75 Å². The van der Waals surface area contributed by atoms with E-state index in [1.165, 1.54) is 0 Å². The SMILES string of the molecule is CO[C@@H]1CN(C(=O)c2cc(C)ccc2C)C[C@H]1Oc1cccc(CS(=O)(=O)N2CCCC2c2ccncc2)c1. The number of methoxy groups -OCH3 is 1. The second-order valence-corrected chi connectivity index (χ2v) is 12.3. The Bertz CT molecular complexity index is 1430. The number of sulfonamides is 1. The van der Waals surface area contributed by atoms with Gasteiger partial charge in [-0.1, -0.05) is 29.8 Å². The molecule has 9 heteroatoms. The number of aromatic nitrogens is 1.